The maximum Gasteiger partial charge on any atom is 0.329 e. The monoisotopic (exact) mass is 273 g/mol. The van der Waals surface area contributed by atoms with Crippen LogP contribution >= 0.6 is 0 Å². The molecular formula is C14H15N3O3. The summed E-state index contributed by atoms with van der Waals surface area (Å²) in [5.41, 5.74) is 0.0589. The number of hydrogen-bond donors (Lipinski definition) is 2. The average Bonchev–Trinajstić information content (AvgIpc) is 2.46. The Morgan fingerprint density at radius 3 is 2.55 bits per heavy atom. The molecule has 20 heavy (non-hydrogen) atoms. The molecule has 1 heterocycles. The lowest BCUT2D eigenvalue weighted by Crippen LogP contribution is -2.51. The van der Waals surface area contributed by atoms with Crippen molar-refractivity contribution in [3.8, 4) is 0 Å². The molecule has 1 amide bonds. The van der Waals surface area contributed by atoms with E-state index in [1.807, 2.05) is 6.07 Å². The predicted molar refractivity (Wildman–Crippen MR) is 73.3 cm³/mol. The lowest BCUT2D eigenvalue weighted by Gasteiger charge is -2.24. The van der Waals surface area contributed by atoms with Crippen molar-refractivity contribution < 1.29 is 14.7 Å². The highest BCUT2D eigenvalue weighted by Gasteiger charge is 2.33. The van der Waals surface area contributed by atoms with E-state index in [4.69, 9.17) is 5.11 Å². The van der Waals surface area contributed by atoms with Gasteiger partial charge in [0.1, 0.15) is 11.2 Å². The van der Waals surface area contributed by atoms with Gasteiger partial charge in [-0.3, -0.25) is 9.78 Å². The van der Waals surface area contributed by atoms with Crippen LogP contribution in [0.25, 0.3) is 11.0 Å². The number of benzene rings is 1. The minimum absolute atomic E-state index is 0.102. The van der Waals surface area contributed by atoms with E-state index in [2.05, 4.69) is 15.3 Å². The first-order valence-corrected chi connectivity index (χ1v) is 6.24. The standard InChI is InChI=1S/C14H15N3O3/c1-3-14(2,13(19)20)17-12(18)11-8-15-9-6-4-5-7-10(9)16-11/h4-8H,3H2,1-2H3,(H,17,18)(H,19,20). The highest BCUT2D eigenvalue weighted by Crippen LogP contribution is 2.12. The van der Waals surface area contributed by atoms with Crippen molar-refractivity contribution >= 4 is 22.9 Å². The molecule has 1 unspecified atom stereocenters. The van der Waals surface area contributed by atoms with E-state index in [9.17, 15) is 9.59 Å². The van der Waals surface area contributed by atoms with Gasteiger partial charge in [-0.15, -0.1) is 0 Å². The van der Waals surface area contributed by atoms with Crippen LogP contribution in [-0.4, -0.2) is 32.5 Å². The van der Waals surface area contributed by atoms with Crippen LogP contribution in [0.5, 0.6) is 0 Å². The number of carbonyl (C=O) groups is 2. The molecule has 0 saturated carbocycles. The first kappa shape index (κ1) is 13.9. The van der Waals surface area contributed by atoms with Crippen molar-refractivity contribution in [1.82, 2.24) is 15.3 Å². The molecule has 2 aromatic rings. The molecule has 1 aromatic heterocycles. The molecule has 0 fully saturated rings. The van der Waals surface area contributed by atoms with Crippen LogP contribution in [0.15, 0.2) is 30.5 Å². The van der Waals surface area contributed by atoms with Crippen LogP contribution in [-0.2, 0) is 4.79 Å². The third-order valence-corrected chi connectivity index (χ3v) is 3.25. The van der Waals surface area contributed by atoms with Crippen LogP contribution < -0.4 is 5.32 Å². The summed E-state index contributed by atoms with van der Waals surface area (Å²) in [6.07, 6.45) is 1.62. The third kappa shape index (κ3) is 2.59. The van der Waals surface area contributed by atoms with Gasteiger partial charge < -0.3 is 10.4 Å². The number of carboxylic acid groups (broad SMARTS) is 1. The number of aliphatic carboxylic acids is 1. The van der Waals surface area contributed by atoms with Gasteiger partial charge in [0.05, 0.1) is 17.2 Å². The van der Waals surface area contributed by atoms with E-state index in [1.54, 1.807) is 25.1 Å². The zero-order valence-electron chi connectivity index (χ0n) is 11.3. The van der Waals surface area contributed by atoms with Crippen LogP contribution in [0, 0.1) is 0 Å². The van der Waals surface area contributed by atoms with Gasteiger partial charge in [0, 0.05) is 0 Å². The summed E-state index contributed by atoms with van der Waals surface area (Å²) in [6.45, 7) is 3.15. The van der Waals surface area contributed by atoms with Crippen LogP contribution in [0.3, 0.4) is 0 Å². The highest BCUT2D eigenvalue weighted by atomic mass is 16.4. The fourth-order valence-electron chi connectivity index (χ4n) is 1.67. The summed E-state index contributed by atoms with van der Waals surface area (Å²) in [5.74, 6) is -1.63. The molecule has 6 nitrogen and oxygen atoms in total. The quantitative estimate of drug-likeness (QED) is 0.883. The Hall–Kier alpha value is -2.50. The number of nitrogens with zero attached hydrogens (tertiary/aromatic N) is 2. The van der Waals surface area contributed by atoms with E-state index < -0.39 is 17.4 Å². The van der Waals surface area contributed by atoms with Gasteiger partial charge >= 0.3 is 5.97 Å². The van der Waals surface area contributed by atoms with E-state index in [1.165, 1.54) is 13.1 Å². The minimum Gasteiger partial charge on any atom is -0.480 e. The summed E-state index contributed by atoms with van der Waals surface area (Å²) >= 11 is 0. The number of para-hydroxylation sites is 2. The van der Waals surface area contributed by atoms with Gasteiger partial charge in [-0.25, -0.2) is 9.78 Å². The van der Waals surface area contributed by atoms with E-state index in [-0.39, 0.29) is 12.1 Å². The van der Waals surface area contributed by atoms with Crippen molar-refractivity contribution in [3.05, 3.63) is 36.2 Å². The van der Waals surface area contributed by atoms with Crippen LogP contribution in [0.1, 0.15) is 30.8 Å². The van der Waals surface area contributed by atoms with Gasteiger partial charge in [0.25, 0.3) is 5.91 Å². The Kier molecular flexibility index (Phi) is 3.65. The van der Waals surface area contributed by atoms with Crippen LogP contribution in [0.2, 0.25) is 0 Å². The fourth-order valence-corrected chi connectivity index (χ4v) is 1.67. The maximum absolute atomic E-state index is 12.1. The van der Waals surface area contributed by atoms with E-state index in [0.29, 0.717) is 11.0 Å². The van der Waals surface area contributed by atoms with Gasteiger partial charge in [0.15, 0.2) is 0 Å². The van der Waals surface area contributed by atoms with Gasteiger partial charge in [-0.1, -0.05) is 19.1 Å². The Balaban J connectivity index is 2.29. The molecular weight excluding hydrogens is 258 g/mol. The highest BCUT2D eigenvalue weighted by molar-refractivity contribution is 5.97. The second-order valence-electron chi connectivity index (χ2n) is 4.69. The molecule has 1 atom stereocenters. The molecule has 0 bridgehead atoms. The molecule has 6 heteroatoms. The lowest BCUT2D eigenvalue weighted by molar-refractivity contribution is -0.143. The maximum atomic E-state index is 12.1. The number of amides is 1. The SMILES string of the molecule is CCC(C)(NC(=O)c1cnc2ccccc2n1)C(=O)O. The van der Waals surface area contributed by atoms with Crippen molar-refractivity contribution in [1.29, 1.82) is 0 Å². The smallest absolute Gasteiger partial charge is 0.329 e. The van der Waals surface area contributed by atoms with E-state index in [0.717, 1.165) is 0 Å². The molecule has 0 aliphatic rings. The summed E-state index contributed by atoms with van der Waals surface area (Å²) in [6, 6.07) is 7.16. The number of hydrogen-bond acceptors (Lipinski definition) is 4. The molecule has 0 aliphatic carbocycles. The second kappa shape index (κ2) is 5.24. The number of carboxylic acids is 1. The first-order valence-electron chi connectivity index (χ1n) is 6.24. The average molecular weight is 273 g/mol. The van der Waals surface area contributed by atoms with Gasteiger partial charge in [0.2, 0.25) is 0 Å². The first-order chi connectivity index (χ1) is 9.46. The molecule has 2 N–H and O–H groups in total. The Morgan fingerprint density at radius 2 is 1.95 bits per heavy atom. The molecule has 2 rings (SSSR count). The summed E-state index contributed by atoms with van der Waals surface area (Å²) in [4.78, 5) is 31.6. The van der Waals surface area contributed by atoms with Crippen molar-refractivity contribution in [2.45, 2.75) is 25.8 Å². The second-order valence-corrected chi connectivity index (χ2v) is 4.69. The van der Waals surface area contributed by atoms with E-state index >= 15 is 0 Å². The number of carbonyl (C=O) groups excluding carboxylic acids is 1. The molecule has 0 aliphatic heterocycles. The van der Waals surface area contributed by atoms with Crippen molar-refractivity contribution in [2.24, 2.45) is 0 Å². The summed E-state index contributed by atoms with van der Waals surface area (Å²) < 4.78 is 0. The Labute approximate surface area is 115 Å². The predicted octanol–water partition coefficient (Wildman–Crippen LogP) is 1.61. The summed E-state index contributed by atoms with van der Waals surface area (Å²) in [5, 5.41) is 11.6. The number of aromatic nitrogens is 2. The lowest BCUT2D eigenvalue weighted by atomic mass is 9.99. The molecule has 0 radical (unpaired) electrons. The largest absolute Gasteiger partial charge is 0.480 e. The van der Waals surface area contributed by atoms with Crippen molar-refractivity contribution in [2.75, 3.05) is 0 Å². The zero-order valence-corrected chi connectivity index (χ0v) is 11.3. The Bertz CT molecular complexity index is 672. The molecule has 0 saturated heterocycles. The molecule has 104 valence electrons. The van der Waals surface area contributed by atoms with Gasteiger partial charge in [-0.2, -0.15) is 0 Å². The Morgan fingerprint density at radius 1 is 1.30 bits per heavy atom. The number of rotatable bonds is 4. The topological polar surface area (TPSA) is 92.2 Å². The van der Waals surface area contributed by atoms with Crippen LogP contribution in [0.4, 0.5) is 0 Å². The van der Waals surface area contributed by atoms with Crippen molar-refractivity contribution in [3.63, 3.8) is 0 Å². The molecule has 0 spiro atoms. The zero-order chi connectivity index (χ0) is 14.8. The normalized spacial score (nSPS) is 13.7. The van der Waals surface area contributed by atoms with Gasteiger partial charge in [-0.05, 0) is 25.5 Å². The number of nitrogens with one attached hydrogen (secondary N) is 1. The fraction of sp³-hybridized carbons (Fsp3) is 0.286. The summed E-state index contributed by atoms with van der Waals surface area (Å²) in [7, 11) is 0. The number of fused-ring (bicyclic) bond motifs is 1. The third-order valence-electron chi connectivity index (χ3n) is 3.25. The minimum atomic E-state index is -1.32. The molecule has 1 aromatic carbocycles.